The molecule has 0 fully saturated rings. The molecule has 0 atom stereocenters. The number of hydrogen-bond acceptors (Lipinski definition) is 2. The first-order chi connectivity index (χ1) is 9.66. The van der Waals surface area contributed by atoms with Crippen molar-refractivity contribution >= 4 is 0 Å². The molecular formula is C16H36BrNO2. The fourth-order valence-corrected chi connectivity index (χ4v) is 2.64. The second-order valence-electron chi connectivity index (χ2n) is 5.71. The third-order valence-corrected chi connectivity index (χ3v) is 3.94. The molecule has 0 amide bonds. The predicted octanol–water partition coefficient (Wildman–Crippen LogP) is 2.63. The van der Waals surface area contributed by atoms with Gasteiger partial charge in [-0.25, -0.2) is 0 Å². The van der Waals surface area contributed by atoms with Crippen LogP contribution in [0.3, 0.4) is 0 Å². The van der Waals surface area contributed by atoms with Crippen LogP contribution in [0.25, 0.3) is 0 Å². The summed E-state index contributed by atoms with van der Waals surface area (Å²) in [6, 6.07) is 0. The van der Waals surface area contributed by atoms with E-state index in [2.05, 4.69) is 27.7 Å². The van der Waals surface area contributed by atoms with Crippen molar-refractivity contribution in [2.45, 2.75) is 79.1 Å². The minimum Gasteiger partial charge on any atom is -0.585 e. The number of rotatable bonds is 12. The number of quaternary nitrogens is 1. The van der Waals surface area contributed by atoms with Gasteiger partial charge in [-0.15, -0.1) is 0 Å². The van der Waals surface area contributed by atoms with Gasteiger partial charge >= 0.3 is 0 Å². The molecule has 0 aromatic carbocycles. The molecule has 0 bridgehead atoms. The molecule has 20 heavy (non-hydrogen) atoms. The molecule has 0 aromatic rings. The van der Waals surface area contributed by atoms with E-state index in [0.29, 0.717) is 0 Å². The van der Waals surface area contributed by atoms with E-state index in [1.165, 1.54) is 82.0 Å². The van der Waals surface area contributed by atoms with Crippen LogP contribution in [0.15, 0.2) is 0 Å². The van der Waals surface area contributed by atoms with Gasteiger partial charge in [0.2, 0.25) is 0 Å². The Morgan fingerprint density at radius 2 is 0.800 bits per heavy atom. The van der Waals surface area contributed by atoms with Crippen LogP contribution in [-0.2, 0) is 0 Å². The fraction of sp³-hybridized carbons (Fsp3) is 1.00. The highest BCUT2D eigenvalue weighted by Gasteiger charge is 2.24. The van der Waals surface area contributed by atoms with Crippen LogP contribution in [0.1, 0.15) is 79.1 Å². The zero-order valence-corrected chi connectivity index (χ0v) is 15.7. The van der Waals surface area contributed by atoms with Crippen molar-refractivity contribution in [1.29, 1.82) is 0 Å². The van der Waals surface area contributed by atoms with Crippen molar-refractivity contribution in [3.63, 3.8) is 0 Å². The Labute approximate surface area is 134 Å². The van der Waals surface area contributed by atoms with E-state index in [1.807, 2.05) is 0 Å². The minimum absolute atomic E-state index is 1.35. The topological polar surface area (TPSA) is 46.1 Å². The first kappa shape index (κ1) is 22.6. The van der Waals surface area contributed by atoms with Crippen molar-refractivity contribution in [3.8, 4) is 0 Å². The Kier molecular flexibility index (Phi) is 19.7. The molecule has 0 saturated carbocycles. The molecule has 0 N–H and O–H groups in total. The van der Waals surface area contributed by atoms with Crippen LogP contribution in [-0.4, -0.2) is 30.7 Å². The van der Waals surface area contributed by atoms with Gasteiger partial charge in [-0.2, -0.15) is 0 Å². The fourth-order valence-electron chi connectivity index (χ4n) is 2.64. The summed E-state index contributed by atoms with van der Waals surface area (Å²) in [6.07, 6.45) is 11.1. The Balaban J connectivity index is 0. The maximum Gasteiger partial charge on any atom is 0.170 e. The Bertz CT molecular complexity index is 142. The molecular weight excluding hydrogens is 318 g/mol. The highest BCUT2D eigenvalue weighted by molar-refractivity contribution is 4.49. The normalized spacial score (nSPS) is 11.1. The average Bonchev–Trinajstić information content (AvgIpc) is 2.46. The quantitative estimate of drug-likeness (QED) is 0.506. The highest BCUT2D eigenvalue weighted by Crippen LogP contribution is 2.16. The number of unbranched alkanes of at least 4 members (excludes halogenated alkanes) is 4. The molecule has 0 spiro atoms. The molecule has 0 aromatic heterocycles. The second-order valence-corrected chi connectivity index (χ2v) is 5.98. The predicted molar refractivity (Wildman–Crippen MR) is 79.4 cm³/mol. The van der Waals surface area contributed by atoms with Crippen LogP contribution in [0.4, 0.5) is 0 Å². The van der Waals surface area contributed by atoms with Crippen LogP contribution < -0.4 is 8.40 Å². The number of halogens is 1. The summed E-state index contributed by atoms with van der Waals surface area (Å²) < 4.78 is 18.2. The van der Waals surface area contributed by atoms with Gasteiger partial charge in [0.05, 0.1) is 26.2 Å². The van der Waals surface area contributed by atoms with E-state index in [4.69, 9.17) is 8.40 Å². The molecule has 0 aliphatic carbocycles. The zero-order valence-electron chi connectivity index (χ0n) is 14.1. The maximum absolute atomic E-state index is 8.41. The summed E-state index contributed by atoms with van der Waals surface area (Å²) in [5, 5.41) is 0. The first-order valence-electron chi connectivity index (χ1n) is 8.40. The SMILES string of the molecule is CCCC[N+](CCCC)(CCCC)CCCC.[O-][Br+][O-]. The molecule has 0 heterocycles. The van der Waals surface area contributed by atoms with Crippen molar-refractivity contribution < 1.29 is 28.4 Å². The third-order valence-electron chi connectivity index (χ3n) is 3.94. The van der Waals surface area contributed by atoms with Gasteiger partial charge in [-0.1, -0.05) is 53.4 Å². The number of nitrogens with zero attached hydrogens (tertiary/aromatic N) is 1. The van der Waals surface area contributed by atoms with Crippen LogP contribution in [0.5, 0.6) is 0 Å². The average molecular weight is 354 g/mol. The molecule has 0 saturated heterocycles. The van der Waals surface area contributed by atoms with Crippen molar-refractivity contribution in [1.82, 2.24) is 0 Å². The monoisotopic (exact) mass is 353 g/mol. The second kappa shape index (κ2) is 17.4. The lowest BCUT2D eigenvalue weighted by Crippen LogP contribution is -2.50. The summed E-state index contributed by atoms with van der Waals surface area (Å²) in [5.41, 5.74) is 0. The Hall–Kier alpha value is 0.360. The van der Waals surface area contributed by atoms with E-state index in [0.717, 1.165) is 0 Å². The van der Waals surface area contributed by atoms with E-state index in [-0.39, 0.29) is 0 Å². The van der Waals surface area contributed by atoms with Gasteiger partial charge < -0.3 is 12.9 Å². The van der Waals surface area contributed by atoms with Gasteiger partial charge in [-0.05, 0) is 25.7 Å². The molecule has 0 radical (unpaired) electrons. The standard InChI is InChI=1S/C16H36N.BrO2/c1-5-9-13-17(14-10-6-2,15-11-7-3)16-12-8-4;2-1-3/h5-16H2,1-4H3;/q+1;-1. The molecule has 0 aliphatic heterocycles. The molecule has 0 unspecified atom stereocenters. The summed E-state index contributed by atoms with van der Waals surface area (Å²) in [5.74, 6) is 0. The lowest BCUT2D eigenvalue weighted by atomic mass is 10.1. The van der Waals surface area contributed by atoms with Crippen molar-refractivity contribution in [2.24, 2.45) is 0 Å². The maximum atomic E-state index is 8.41. The highest BCUT2D eigenvalue weighted by atomic mass is 79.9. The van der Waals surface area contributed by atoms with Gasteiger partial charge in [0.1, 0.15) is 0 Å². The summed E-state index contributed by atoms with van der Waals surface area (Å²) in [6.45, 7) is 15.0. The molecule has 4 heteroatoms. The van der Waals surface area contributed by atoms with E-state index < -0.39 is 15.5 Å². The van der Waals surface area contributed by atoms with Gasteiger partial charge in [-0.3, -0.25) is 0 Å². The summed E-state index contributed by atoms with van der Waals surface area (Å²) in [4.78, 5) is 0. The van der Waals surface area contributed by atoms with Crippen molar-refractivity contribution in [3.05, 3.63) is 0 Å². The Morgan fingerprint density at radius 1 is 0.600 bits per heavy atom. The number of hydrogen-bond donors (Lipinski definition) is 0. The van der Waals surface area contributed by atoms with Gasteiger partial charge in [0, 0.05) is 0 Å². The Morgan fingerprint density at radius 3 is 0.950 bits per heavy atom. The molecule has 0 rings (SSSR count). The summed E-state index contributed by atoms with van der Waals surface area (Å²) in [7, 11) is 0. The van der Waals surface area contributed by atoms with Crippen molar-refractivity contribution in [2.75, 3.05) is 26.2 Å². The minimum atomic E-state index is -1.44. The largest absolute Gasteiger partial charge is 0.585 e. The first-order valence-corrected chi connectivity index (χ1v) is 9.70. The van der Waals surface area contributed by atoms with Crippen LogP contribution >= 0.6 is 0 Å². The zero-order chi connectivity index (χ0) is 15.7. The lowest BCUT2D eigenvalue weighted by Gasteiger charge is -2.39. The molecule has 124 valence electrons. The van der Waals surface area contributed by atoms with E-state index in [1.54, 1.807) is 0 Å². The van der Waals surface area contributed by atoms with E-state index >= 15 is 0 Å². The van der Waals surface area contributed by atoms with Crippen LogP contribution in [0, 0.1) is 15.5 Å². The molecule has 3 nitrogen and oxygen atoms in total. The summed E-state index contributed by atoms with van der Waals surface area (Å²) >= 11 is -1.44. The smallest absolute Gasteiger partial charge is 0.170 e. The van der Waals surface area contributed by atoms with Gasteiger partial charge in [0.25, 0.3) is 0 Å². The lowest BCUT2D eigenvalue weighted by molar-refractivity contribution is -1.41. The van der Waals surface area contributed by atoms with E-state index in [9.17, 15) is 0 Å². The third kappa shape index (κ3) is 13.3. The molecule has 0 aliphatic rings. The van der Waals surface area contributed by atoms with Crippen LogP contribution in [0.2, 0.25) is 0 Å². The van der Waals surface area contributed by atoms with Gasteiger partial charge in [0.15, 0.2) is 15.5 Å².